The quantitative estimate of drug-likeness (QED) is 0.527. The number of nitrogens with zero attached hydrogens (tertiary/aromatic N) is 3. The zero-order valence-electron chi connectivity index (χ0n) is 16.4. The second-order valence-corrected chi connectivity index (χ2v) is 7.92. The van der Waals surface area contributed by atoms with Crippen LogP contribution in [0.2, 0.25) is 0 Å². The molecule has 1 aromatic carbocycles. The number of aromatic nitrogens is 4. The predicted molar refractivity (Wildman–Crippen MR) is 107 cm³/mol. The Bertz CT molecular complexity index is 998. The summed E-state index contributed by atoms with van der Waals surface area (Å²) < 4.78 is 5.65. The Kier molecular flexibility index (Phi) is 4.78. The third-order valence-electron chi connectivity index (χ3n) is 5.30. The first-order valence-corrected chi connectivity index (χ1v) is 10.2. The van der Waals surface area contributed by atoms with Crippen molar-refractivity contribution in [2.75, 3.05) is 13.1 Å². The third kappa shape index (κ3) is 4.24. The van der Waals surface area contributed by atoms with Gasteiger partial charge in [-0.05, 0) is 49.7 Å². The SMILES string of the molecule is O=C(NCC1CC1)c1n[nH]c(-c2cccc(-c3ncc(C(=O)NCC4CC4)o3)c2)n1. The van der Waals surface area contributed by atoms with Gasteiger partial charge in [-0.25, -0.2) is 9.97 Å². The van der Waals surface area contributed by atoms with E-state index in [2.05, 4.69) is 30.8 Å². The van der Waals surface area contributed by atoms with E-state index >= 15 is 0 Å². The van der Waals surface area contributed by atoms with E-state index in [0.29, 0.717) is 42.2 Å². The van der Waals surface area contributed by atoms with E-state index in [1.807, 2.05) is 24.3 Å². The summed E-state index contributed by atoms with van der Waals surface area (Å²) in [7, 11) is 0. The van der Waals surface area contributed by atoms with Crippen LogP contribution in [0.25, 0.3) is 22.8 Å². The predicted octanol–water partition coefficient (Wildman–Crippen LogP) is 2.41. The van der Waals surface area contributed by atoms with E-state index in [-0.39, 0.29) is 23.4 Å². The monoisotopic (exact) mass is 406 g/mol. The number of rotatable bonds is 8. The molecule has 0 saturated heterocycles. The average Bonchev–Trinajstić information content (AvgIpc) is 3.67. The Labute approximate surface area is 172 Å². The molecular formula is C21H22N6O3. The molecule has 2 saturated carbocycles. The van der Waals surface area contributed by atoms with Crippen LogP contribution >= 0.6 is 0 Å². The van der Waals surface area contributed by atoms with Gasteiger partial charge in [-0.1, -0.05) is 12.1 Å². The van der Waals surface area contributed by atoms with Gasteiger partial charge in [0.25, 0.3) is 11.8 Å². The van der Waals surface area contributed by atoms with Gasteiger partial charge in [0.05, 0.1) is 6.20 Å². The van der Waals surface area contributed by atoms with E-state index in [0.717, 1.165) is 18.4 Å². The van der Waals surface area contributed by atoms with Crippen LogP contribution in [0.3, 0.4) is 0 Å². The van der Waals surface area contributed by atoms with Crippen LogP contribution in [0.1, 0.15) is 46.9 Å². The van der Waals surface area contributed by atoms with Crippen molar-refractivity contribution < 1.29 is 14.0 Å². The summed E-state index contributed by atoms with van der Waals surface area (Å²) in [6, 6.07) is 7.34. The Balaban J connectivity index is 1.28. The molecule has 3 N–H and O–H groups in total. The van der Waals surface area contributed by atoms with Crippen molar-refractivity contribution in [2.45, 2.75) is 25.7 Å². The Hall–Kier alpha value is -3.49. The van der Waals surface area contributed by atoms with Gasteiger partial charge in [-0.15, -0.1) is 5.10 Å². The molecule has 30 heavy (non-hydrogen) atoms. The summed E-state index contributed by atoms with van der Waals surface area (Å²) >= 11 is 0. The standard InChI is InChI=1S/C21H22N6O3/c28-19(22-9-12-4-5-12)16-11-24-21(30-16)15-3-1-2-14(8-15)17-25-18(27-26-17)20(29)23-10-13-6-7-13/h1-3,8,11-13H,4-7,9-10H2,(H,22,28)(H,23,29)(H,25,26,27). The zero-order valence-corrected chi connectivity index (χ0v) is 16.4. The summed E-state index contributed by atoms with van der Waals surface area (Å²) in [5, 5.41) is 12.5. The highest BCUT2D eigenvalue weighted by atomic mass is 16.4. The lowest BCUT2D eigenvalue weighted by Crippen LogP contribution is -2.26. The lowest BCUT2D eigenvalue weighted by Gasteiger charge is -2.01. The van der Waals surface area contributed by atoms with Gasteiger partial charge >= 0.3 is 0 Å². The van der Waals surface area contributed by atoms with E-state index in [9.17, 15) is 9.59 Å². The highest BCUT2D eigenvalue weighted by Crippen LogP contribution is 2.28. The number of benzene rings is 1. The molecule has 2 aliphatic rings. The molecule has 0 aliphatic heterocycles. The lowest BCUT2D eigenvalue weighted by atomic mass is 10.1. The maximum Gasteiger partial charge on any atom is 0.290 e. The number of carbonyl (C=O) groups is 2. The molecule has 2 heterocycles. The molecule has 154 valence electrons. The van der Waals surface area contributed by atoms with Crippen molar-refractivity contribution in [3.05, 3.63) is 42.0 Å². The lowest BCUT2D eigenvalue weighted by molar-refractivity contribution is 0.0922. The molecular weight excluding hydrogens is 384 g/mol. The first kappa shape index (κ1) is 18.5. The van der Waals surface area contributed by atoms with Crippen molar-refractivity contribution >= 4 is 11.8 Å². The molecule has 2 aromatic heterocycles. The fourth-order valence-corrected chi connectivity index (χ4v) is 3.09. The molecule has 3 aromatic rings. The maximum atomic E-state index is 12.2. The van der Waals surface area contributed by atoms with Crippen LogP contribution in [0.15, 0.2) is 34.9 Å². The maximum absolute atomic E-state index is 12.2. The highest BCUT2D eigenvalue weighted by Gasteiger charge is 2.24. The van der Waals surface area contributed by atoms with Gasteiger partial charge in [0.1, 0.15) is 0 Å². The smallest absolute Gasteiger partial charge is 0.290 e. The Morgan fingerprint density at radius 1 is 1.03 bits per heavy atom. The number of H-pyrrole nitrogens is 1. The van der Waals surface area contributed by atoms with Crippen molar-refractivity contribution in [2.24, 2.45) is 11.8 Å². The normalized spacial score (nSPS) is 15.7. The van der Waals surface area contributed by atoms with Gasteiger partial charge in [0, 0.05) is 24.2 Å². The van der Waals surface area contributed by atoms with E-state index in [1.165, 1.54) is 19.0 Å². The second-order valence-electron chi connectivity index (χ2n) is 7.92. The summed E-state index contributed by atoms with van der Waals surface area (Å²) in [6.07, 6.45) is 6.09. The molecule has 0 radical (unpaired) electrons. The molecule has 0 atom stereocenters. The summed E-state index contributed by atoms with van der Waals surface area (Å²) in [4.78, 5) is 32.9. The van der Waals surface area contributed by atoms with Gasteiger partial charge < -0.3 is 15.1 Å². The van der Waals surface area contributed by atoms with Gasteiger partial charge in [-0.2, -0.15) is 0 Å². The third-order valence-corrected chi connectivity index (χ3v) is 5.30. The molecule has 2 fully saturated rings. The molecule has 2 aliphatic carbocycles. The average molecular weight is 406 g/mol. The number of oxazole rings is 1. The number of carbonyl (C=O) groups excluding carboxylic acids is 2. The van der Waals surface area contributed by atoms with Crippen molar-refractivity contribution in [1.82, 2.24) is 30.8 Å². The number of hydrogen-bond acceptors (Lipinski definition) is 6. The largest absolute Gasteiger partial charge is 0.431 e. The van der Waals surface area contributed by atoms with Crippen molar-refractivity contribution in [3.63, 3.8) is 0 Å². The molecule has 5 rings (SSSR count). The summed E-state index contributed by atoms with van der Waals surface area (Å²) in [6.45, 7) is 1.34. The summed E-state index contributed by atoms with van der Waals surface area (Å²) in [5.74, 6) is 1.76. The van der Waals surface area contributed by atoms with Crippen LogP contribution in [0, 0.1) is 11.8 Å². The highest BCUT2D eigenvalue weighted by molar-refractivity contribution is 5.91. The van der Waals surface area contributed by atoms with E-state index in [1.54, 1.807) is 0 Å². The molecule has 0 spiro atoms. The van der Waals surface area contributed by atoms with Crippen LogP contribution < -0.4 is 10.6 Å². The molecule has 9 heteroatoms. The second kappa shape index (κ2) is 7.74. The number of hydrogen-bond donors (Lipinski definition) is 3. The topological polar surface area (TPSA) is 126 Å². The number of aromatic amines is 1. The first-order chi connectivity index (χ1) is 14.7. The van der Waals surface area contributed by atoms with Crippen LogP contribution in [0.4, 0.5) is 0 Å². The fraction of sp³-hybridized carbons (Fsp3) is 0.381. The van der Waals surface area contributed by atoms with Crippen LogP contribution in [0.5, 0.6) is 0 Å². The molecule has 9 nitrogen and oxygen atoms in total. The Morgan fingerprint density at radius 2 is 1.73 bits per heavy atom. The van der Waals surface area contributed by atoms with Crippen LogP contribution in [-0.2, 0) is 0 Å². The molecule has 2 amide bonds. The molecule has 0 bridgehead atoms. The van der Waals surface area contributed by atoms with E-state index in [4.69, 9.17) is 4.42 Å². The summed E-state index contributed by atoms with van der Waals surface area (Å²) in [5.41, 5.74) is 1.43. The minimum Gasteiger partial charge on any atom is -0.431 e. The number of nitrogens with one attached hydrogen (secondary N) is 3. The van der Waals surface area contributed by atoms with Crippen LogP contribution in [-0.4, -0.2) is 45.1 Å². The van der Waals surface area contributed by atoms with Gasteiger partial charge in [0.2, 0.25) is 17.5 Å². The minimum absolute atomic E-state index is 0.113. The zero-order chi connectivity index (χ0) is 20.5. The van der Waals surface area contributed by atoms with E-state index < -0.39 is 0 Å². The van der Waals surface area contributed by atoms with Gasteiger partial charge in [0.15, 0.2) is 5.82 Å². The van der Waals surface area contributed by atoms with Crippen molar-refractivity contribution in [1.29, 1.82) is 0 Å². The minimum atomic E-state index is -0.282. The fourth-order valence-electron chi connectivity index (χ4n) is 3.09. The first-order valence-electron chi connectivity index (χ1n) is 10.2. The molecule has 0 unspecified atom stereocenters. The van der Waals surface area contributed by atoms with Gasteiger partial charge in [-0.3, -0.25) is 14.7 Å². The Morgan fingerprint density at radius 3 is 2.47 bits per heavy atom. The number of amides is 2. The van der Waals surface area contributed by atoms with Crippen molar-refractivity contribution in [3.8, 4) is 22.8 Å².